The third-order valence-electron chi connectivity index (χ3n) is 2.79. The third kappa shape index (κ3) is 2.44. The van der Waals surface area contributed by atoms with Crippen LogP contribution in [0.3, 0.4) is 0 Å². The molecule has 1 aliphatic heterocycles. The van der Waals surface area contributed by atoms with Gasteiger partial charge in [-0.3, -0.25) is 0 Å². The SMILES string of the molecule is NCC1CCOC1c1ccc(Br)c(Br)c1. The summed E-state index contributed by atoms with van der Waals surface area (Å²) in [5, 5.41) is 0. The van der Waals surface area contributed by atoms with Crippen molar-refractivity contribution in [2.45, 2.75) is 12.5 Å². The van der Waals surface area contributed by atoms with Crippen LogP contribution in [0, 0.1) is 5.92 Å². The fourth-order valence-corrected chi connectivity index (χ4v) is 2.58. The van der Waals surface area contributed by atoms with E-state index in [0.29, 0.717) is 12.5 Å². The summed E-state index contributed by atoms with van der Waals surface area (Å²) in [6, 6.07) is 6.23. The van der Waals surface area contributed by atoms with Crippen molar-refractivity contribution in [1.29, 1.82) is 0 Å². The number of ether oxygens (including phenoxy) is 1. The average molecular weight is 335 g/mol. The number of rotatable bonds is 2. The molecule has 1 fully saturated rings. The summed E-state index contributed by atoms with van der Waals surface area (Å²) in [6.45, 7) is 1.51. The second-order valence-corrected chi connectivity index (χ2v) is 5.46. The van der Waals surface area contributed by atoms with Crippen molar-refractivity contribution in [2.24, 2.45) is 11.7 Å². The molecule has 0 saturated carbocycles. The second kappa shape index (κ2) is 4.95. The van der Waals surface area contributed by atoms with Gasteiger partial charge < -0.3 is 10.5 Å². The molecule has 1 aliphatic rings. The molecule has 1 saturated heterocycles. The predicted molar refractivity (Wildman–Crippen MR) is 67.7 cm³/mol. The van der Waals surface area contributed by atoms with Gasteiger partial charge in [0.2, 0.25) is 0 Å². The van der Waals surface area contributed by atoms with Gasteiger partial charge in [0.1, 0.15) is 0 Å². The van der Waals surface area contributed by atoms with Gasteiger partial charge in [0.25, 0.3) is 0 Å². The van der Waals surface area contributed by atoms with E-state index in [1.54, 1.807) is 0 Å². The summed E-state index contributed by atoms with van der Waals surface area (Å²) in [5.74, 6) is 0.457. The van der Waals surface area contributed by atoms with Gasteiger partial charge >= 0.3 is 0 Å². The Bertz CT molecular complexity index is 356. The summed E-state index contributed by atoms with van der Waals surface area (Å²) in [6.07, 6.45) is 1.23. The Balaban J connectivity index is 2.25. The van der Waals surface area contributed by atoms with Gasteiger partial charge in [0.15, 0.2) is 0 Å². The highest BCUT2D eigenvalue weighted by atomic mass is 79.9. The molecule has 0 spiro atoms. The molecule has 2 atom stereocenters. The highest BCUT2D eigenvalue weighted by Gasteiger charge is 2.28. The molecule has 2 rings (SSSR count). The quantitative estimate of drug-likeness (QED) is 0.901. The van der Waals surface area contributed by atoms with Crippen LogP contribution in [0.4, 0.5) is 0 Å². The highest BCUT2D eigenvalue weighted by molar-refractivity contribution is 9.13. The van der Waals surface area contributed by atoms with Crippen LogP contribution >= 0.6 is 31.9 Å². The summed E-state index contributed by atoms with van der Waals surface area (Å²) in [7, 11) is 0. The molecule has 0 aliphatic carbocycles. The molecule has 0 bridgehead atoms. The molecule has 2 N–H and O–H groups in total. The number of halogens is 2. The van der Waals surface area contributed by atoms with Crippen LogP contribution in [0.15, 0.2) is 27.1 Å². The maximum Gasteiger partial charge on any atom is 0.0866 e. The van der Waals surface area contributed by atoms with Crippen molar-refractivity contribution in [1.82, 2.24) is 0 Å². The van der Waals surface area contributed by atoms with Gasteiger partial charge in [-0.25, -0.2) is 0 Å². The van der Waals surface area contributed by atoms with Crippen molar-refractivity contribution in [3.05, 3.63) is 32.7 Å². The van der Waals surface area contributed by atoms with Crippen LogP contribution in [0.2, 0.25) is 0 Å². The number of nitrogens with two attached hydrogens (primary N) is 1. The lowest BCUT2D eigenvalue weighted by atomic mass is 9.96. The van der Waals surface area contributed by atoms with E-state index in [4.69, 9.17) is 10.5 Å². The average Bonchev–Trinajstić information content (AvgIpc) is 2.70. The van der Waals surface area contributed by atoms with Crippen molar-refractivity contribution < 1.29 is 4.74 Å². The van der Waals surface area contributed by atoms with Gasteiger partial charge in [-0.15, -0.1) is 0 Å². The van der Waals surface area contributed by atoms with Gasteiger partial charge in [0, 0.05) is 21.5 Å². The summed E-state index contributed by atoms with van der Waals surface area (Å²) in [5.41, 5.74) is 6.94. The maximum absolute atomic E-state index is 5.73. The lowest BCUT2D eigenvalue weighted by molar-refractivity contribution is 0.0924. The first-order valence-electron chi connectivity index (χ1n) is 4.99. The Morgan fingerprint density at radius 2 is 2.13 bits per heavy atom. The fraction of sp³-hybridized carbons (Fsp3) is 0.455. The van der Waals surface area contributed by atoms with Crippen LogP contribution < -0.4 is 5.73 Å². The molecular weight excluding hydrogens is 322 g/mol. The zero-order valence-electron chi connectivity index (χ0n) is 8.25. The van der Waals surface area contributed by atoms with Crippen molar-refractivity contribution in [2.75, 3.05) is 13.2 Å². The molecule has 0 amide bonds. The van der Waals surface area contributed by atoms with Crippen LogP contribution in [0.5, 0.6) is 0 Å². The molecule has 2 nitrogen and oxygen atoms in total. The van der Waals surface area contributed by atoms with Crippen LogP contribution in [0.1, 0.15) is 18.1 Å². The first-order chi connectivity index (χ1) is 7.22. The molecule has 0 aromatic heterocycles. The molecule has 1 heterocycles. The Kier molecular flexibility index (Phi) is 3.83. The smallest absolute Gasteiger partial charge is 0.0866 e. The fourth-order valence-electron chi connectivity index (χ4n) is 1.93. The van der Waals surface area contributed by atoms with Crippen molar-refractivity contribution in [3.8, 4) is 0 Å². The van der Waals surface area contributed by atoms with Crippen molar-refractivity contribution in [3.63, 3.8) is 0 Å². The molecule has 1 aromatic carbocycles. The van der Waals surface area contributed by atoms with E-state index in [1.807, 2.05) is 6.07 Å². The van der Waals surface area contributed by atoms with E-state index in [0.717, 1.165) is 22.0 Å². The van der Waals surface area contributed by atoms with Crippen LogP contribution in [-0.4, -0.2) is 13.2 Å². The van der Waals surface area contributed by atoms with Crippen LogP contribution in [0.25, 0.3) is 0 Å². The normalized spacial score (nSPS) is 25.8. The van der Waals surface area contributed by atoms with E-state index >= 15 is 0 Å². The monoisotopic (exact) mass is 333 g/mol. The molecular formula is C11H13Br2NO. The molecule has 15 heavy (non-hydrogen) atoms. The van der Waals surface area contributed by atoms with Gasteiger partial charge in [-0.05, 0) is 62.5 Å². The molecule has 4 heteroatoms. The Hall–Kier alpha value is 0.1000. The summed E-state index contributed by atoms with van der Waals surface area (Å²) < 4.78 is 7.85. The minimum Gasteiger partial charge on any atom is -0.373 e. The largest absolute Gasteiger partial charge is 0.373 e. The number of hydrogen-bond donors (Lipinski definition) is 1. The molecule has 82 valence electrons. The van der Waals surface area contributed by atoms with E-state index in [9.17, 15) is 0 Å². The van der Waals surface area contributed by atoms with Gasteiger partial charge in [-0.1, -0.05) is 6.07 Å². The Morgan fingerprint density at radius 1 is 1.33 bits per heavy atom. The minimum absolute atomic E-state index is 0.166. The third-order valence-corrected chi connectivity index (χ3v) is 4.67. The topological polar surface area (TPSA) is 35.2 Å². The minimum atomic E-state index is 0.166. The van der Waals surface area contributed by atoms with E-state index in [2.05, 4.69) is 44.0 Å². The standard InChI is InChI=1S/C11H13Br2NO/c12-9-2-1-7(5-10(9)13)11-8(6-14)3-4-15-11/h1-2,5,8,11H,3-4,6,14H2. The first kappa shape index (κ1) is 11.6. The first-order valence-corrected chi connectivity index (χ1v) is 6.57. The zero-order valence-corrected chi connectivity index (χ0v) is 11.4. The van der Waals surface area contributed by atoms with E-state index in [1.165, 1.54) is 5.56 Å². The molecule has 1 aromatic rings. The molecule has 2 unspecified atom stereocenters. The lowest BCUT2D eigenvalue weighted by Crippen LogP contribution is -2.17. The Labute approximate surface area is 106 Å². The van der Waals surface area contributed by atoms with Gasteiger partial charge in [0.05, 0.1) is 6.10 Å². The summed E-state index contributed by atoms with van der Waals surface area (Å²) >= 11 is 6.96. The zero-order chi connectivity index (χ0) is 10.8. The predicted octanol–water partition coefficient (Wildman–Crippen LogP) is 3.25. The second-order valence-electron chi connectivity index (χ2n) is 3.75. The highest BCUT2D eigenvalue weighted by Crippen LogP contribution is 2.36. The van der Waals surface area contributed by atoms with E-state index < -0.39 is 0 Å². The Morgan fingerprint density at radius 3 is 2.80 bits per heavy atom. The summed E-state index contributed by atoms with van der Waals surface area (Å²) in [4.78, 5) is 0. The van der Waals surface area contributed by atoms with Gasteiger partial charge in [-0.2, -0.15) is 0 Å². The van der Waals surface area contributed by atoms with E-state index in [-0.39, 0.29) is 6.10 Å². The lowest BCUT2D eigenvalue weighted by Gasteiger charge is -2.17. The molecule has 0 radical (unpaired) electrons. The maximum atomic E-state index is 5.73. The van der Waals surface area contributed by atoms with Crippen LogP contribution in [-0.2, 0) is 4.74 Å². The van der Waals surface area contributed by atoms with Crippen molar-refractivity contribution >= 4 is 31.9 Å². The number of hydrogen-bond acceptors (Lipinski definition) is 2. The number of benzene rings is 1.